The topological polar surface area (TPSA) is 87.4 Å². The van der Waals surface area contributed by atoms with E-state index in [-0.39, 0.29) is 11.9 Å². The molecule has 154 valence electrons. The van der Waals surface area contributed by atoms with Crippen LogP contribution in [0.5, 0.6) is 0 Å². The lowest BCUT2D eigenvalue weighted by atomic mass is 10.1. The van der Waals surface area contributed by atoms with Gasteiger partial charge < -0.3 is 19.4 Å². The van der Waals surface area contributed by atoms with Gasteiger partial charge in [-0.05, 0) is 59.7 Å². The largest absolute Gasteiger partial charge is 0.462 e. The summed E-state index contributed by atoms with van der Waals surface area (Å²) >= 11 is 0. The molecule has 0 spiro atoms. The molecule has 2 aromatic rings. The molecule has 0 aromatic carbocycles. The molecular weight excluding hydrogens is 358 g/mol. The van der Waals surface area contributed by atoms with E-state index in [1.807, 2.05) is 34.7 Å². The molecule has 0 aliphatic carbocycles. The number of carbonyl (C=O) groups is 2. The van der Waals surface area contributed by atoms with Crippen LogP contribution in [0.15, 0.2) is 0 Å². The number of ether oxygens (including phenoxy) is 2. The molecule has 2 aromatic heterocycles. The van der Waals surface area contributed by atoms with Crippen LogP contribution in [0.4, 0.5) is 0 Å². The number of nitrogens with one attached hydrogen (secondary N) is 2. The van der Waals surface area contributed by atoms with Crippen molar-refractivity contribution in [2.75, 3.05) is 20.3 Å². The summed E-state index contributed by atoms with van der Waals surface area (Å²) in [5, 5.41) is 0. The third-order valence-corrected chi connectivity index (χ3v) is 4.90. The van der Waals surface area contributed by atoms with E-state index in [1.165, 1.54) is 0 Å². The highest BCUT2D eigenvalue weighted by molar-refractivity contribution is 5.93. The Hall–Kier alpha value is -2.54. The Balaban J connectivity index is 2.16. The summed E-state index contributed by atoms with van der Waals surface area (Å²) in [5.74, 6) is -0.588. The number of nitrogens with zero attached hydrogens (tertiary/aromatic N) is 1. The minimum absolute atomic E-state index is 0.294. The number of H-pyrrole nitrogens is 2. The van der Waals surface area contributed by atoms with E-state index in [0.29, 0.717) is 37.4 Å². The lowest BCUT2D eigenvalue weighted by Crippen LogP contribution is -2.19. The van der Waals surface area contributed by atoms with Crippen molar-refractivity contribution >= 4 is 11.9 Å². The number of esters is 2. The van der Waals surface area contributed by atoms with Crippen molar-refractivity contribution in [1.82, 2.24) is 14.9 Å². The van der Waals surface area contributed by atoms with Crippen molar-refractivity contribution in [3.05, 3.63) is 45.0 Å². The van der Waals surface area contributed by atoms with Gasteiger partial charge in [-0.25, -0.2) is 9.59 Å². The predicted octanol–water partition coefficient (Wildman–Crippen LogP) is 3.56. The Kier molecular flexibility index (Phi) is 7.07. The van der Waals surface area contributed by atoms with Gasteiger partial charge in [0.15, 0.2) is 0 Å². The van der Waals surface area contributed by atoms with Crippen LogP contribution in [0.3, 0.4) is 0 Å². The molecule has 2 rings (SSSR count). The fraction of sp³-hybridized carbons (Fsp3) is 0.524. The zero-order chi connectivity index (χ0) is 21.0. The fourth-order valence-electron chi connectivity index (χ4n) is 3.56. The predicted molar refractivity (Wildman–Crippen MR) is 108 cm³/mol. The number of carbonyl (C=O) groups excluding carboxylic acids is 2. The molecule has 0 unspecified atom stereocenters. The first-order valence-electron chi connectivity index (χ1n) is 9.59. The first-order valence-corrected chi connectivity index (χ1v) is 9.59. The smallest absolute Gasteiger partial charge is 0.340 e. The Bertz CT molecular complexity index is 793. The zero-order valence-corrected chi connectivity index (χ0v) is 17.9. The normalized spacial score (nSPS) is 11.1. The van der Waals surface area contributed by atoms with Gasteiger partial charge in [0.25, 0.3) is 0 Å². The van der Waals surface area contributed by atoms with Crippen LogP contribution in [0.2, 0.25) is 0 Å². The van der Waals surface area contributed by atoms with Gasteiger partial charge in [0.05, 0.1) is 24.3 Å². The highest BCUT2D eigenvalue weighted by Crippen LogP contribution is 2.23. The Morgan fingerprint density at radius 1 is 0.786 bits per heavy atom. The van der Waals surface area contributed by atoms with Crippen LogP contribution in [0, 0.1) is 27.7 Å². The average Bonchev–Trinajstić information content (AvgIpc) is 3.03. The summed E-state index contributed by atoms with van der Waals surface area (Å²) in [5.41, 5.74) is 6.64. The van der Waals surface area contributed by atoms with Crippen LogP contribution >= 0.6 is 0 Å². The van der Waals surface area contributed by atoms with Crippen molar-refractivity contribution in [3.8, 4) is 0 Å². The van der Waals surface area contributed by atoms with E-state index in [1.54, 1.807) is 13.8 Å². The van der Waals surface area contributed by atoms with Crippen LogP contribution in [-0.2, 0) is 22.6 Å². The zero-order valence-electron chi connectivity index (χ0n) is 17.9. The van der Waals surface area contributed by atoms with Crippen molar-refractivity contribution in [3.63, 3.8) is 0 Å². The van der Waals surface area contributed by atoms with Crippen molar-refractivity contribution in [2.24, 2.45) is 0 Å². The molecule has 0 saturated heterocycles. The number of hydrogen-bond donors (Lipinski definition) is 2. The van der Waals surface area contributed by atoms with Crippen LogP contribution in [0.1, 0.15) is 68.5 Å². The van der Waals surface area contributed by atoms with Gasteiger partial charge in [0, 0.05) is 35.9 Å². The van der Waals surface area contributed by atoms with Crippen molar-refractivity contribution in [1.29, 1.82) is 0 Å². The molecule has 2 N–H and O–H groups in total. The van der Waals surface area contributed by atoms with Gasteiger partial charge in [-0.15, -0.1) is 0 Å². The third kappa shape index (κ3) is 4.47. The van der Waals surface area contributed by atoms with Gasteiger partial charge in [-0.3, -0.25) is 4.90 Å². The third-order valence-electron chi connectivity index (χ3n) is 4.90. The Labute approximate surface area is 166 Å². The molecule has 0 atom stereocenters. The monoisotopic (exact) mass is 389 g/mol. The van der Waals surface area contributed by atoms with Gasteiger partial charge in [0.2, 0.25) is 0 Å². The maximum absolute atomic E-state index is 12.2. The minimum atomic E-state index is -0.294. The molecule has 0 radical (unpaired) electrons. The van der Waals surface area contributed by atoms with E-state index in [9.17, 15) is 9.59 Å². The maximum Gasteiger partial charge on any atom is 0.340 e. The number of rotatable bonds is 8. The standard InChI is InChI=1S/C21H31N3O4/c1-8-27-20(25)18-12(3)16(22-14(18)5)10-24(7)11-17-13(4)19(15(6)23-17)21(26)28-9-2/h22-23H,8-11H2,1-7H3. The van der Waals surface area contributed by atoms with E-state index in [2.05, 4.69) is 14.9 Å². The number of aromatic amines is 2. The lowest BCUT2D eigenvalue weighted by Gasteiger charge is -2.16. The van der Waals surface area contributed by atoms with Gasteiger partial charge in [-0.2, -0.15) is 0 Å². The summed E-state index contributed by atoms with van der Waals surface area (Å²) in [6, 6.07) is 0. The average molecular weight is 389 g/mol. The van der Waals surface area contributed by atoms with Crippen molar-refractivity contribution < 1.29 is 19.1 Å². The molecule has 0 bridgehead atoms. The Morgan fingerprint density at radius 3 is 1.46 bits per heavy atom. The van der Waals surface area contributed by atoms with Crippen LogP contribution in [-0.4, -0.2) is 47.1 Å². The number of aromatic nitrogens is 2. The van der Waals surface area contributed by atoms with Crippen LogP contribution < -0.4 is 0 Å². The van der Waals surface area contributed by atoms with Gasteiger partial charge in [0.1, 0.15) is 0 Å². The molecule has 2 heterocycles. The number of aryl methyl sites for hydroxylation is 2. The summed E-state index contributed by atoms with van der Waals surface area (Å²) in [7, 11) is 2.00. The van der Waals surface area contributed by atoms with Crippen LogP contribution in [0.25, 0.3) is 0 Å². The second kappa shape index (κ2) is 9.10. The quantitative estimate of drug-likeness (QED) is 0.674. The molecule has 7 nitrogen and oxygen atoms in total. The van der Waals surface area contributed by atoms with E-state index in [0.717, 1.165) is 33.9 Å². The highest BCUT2D eigenvalue weighted by atomic mass is 16.5. The SMILES string of the molecule is CCOC(=O)c1c(C)[nH]c(CN(C)Cc2[nH]c(C)c(C(=O)OCC)c2C)c1C. The Morgan fingerprint density at radius 2 is 1.14 bits per heavy atom. The lowest BCUT2D eigenvalue weighted by molar-refractivity contribution is 0.0515. The molecule has 28 heavy (non-hydrogen) atoms. The fourth-order valence-corrected chi connectivity index (χ4v) is 3.56. The first-order chi connectivity index (χ1) is 13.2. The van der Waals surface area contributed by atoms with Gasteiger partial charge >= 0.3 is 11.9 Å². The van der Waals surface area contributed by atoms with E-state index in [4.69, 9.17) is 9.47 Å². The minimum Gasteiger partial charge on any atom is -0.462 e. The maximum atomic E-state index is 12.2. The van der Waals surface area contributed by atoms with E-state index >= 15 is 0 Å². The van der Waals surface area contributed by atoms with E-state index < -0.39 is 0 Å². The molecule has 0 aliphatic heterocycles. The molecule has 0 saturated carbocycles. The second-order valence-corrected chi connectivity index (χ2v) is 7.07. The molecular formula is C21H31N3O4. The summed E-state index contributed by atoms with van der Waals surface area (Å²) in [6.45, 7) is 13.2. The molecule has 0 aliphatic rings. The summed E-state index contributed by atoms with van der Waals surface area (Å²) in [4.78, 5) is 33.1. The molecule has 0 fully saturated rings. The summed E-state index contributed by atoms with van der Waals surface area (Å²) in [6.07, 6.45) is 0. The first kappa shape index (κ1) is 21.8. The van der Waals surface area contributed by atoms with Gasteiger partial charge in [-0.1, -0.05) is 0 Å². The highest BCUT2D eigenvalue weighted by Gasteiger charge is 2.22. The number of hydrogen-bond acceptors (Lipinski definition) is 5. The van der Waals surface area contributed by atoms with Crippen molar-refractivity contribution in [2.45, 2.75) is 54.6 Å². The molecule has 0 amide bonds. The molecule has 7 heteroatoms. The summed E-state index contributed by atoms with van der Waals surface area (Å²) < 4.78 is 10.3. The second-order valence-electron chi connectivity index (χ2n) is 7.07.